The highest BCUT2D eigenvalue weighted by atomic mass is 32.2. The molecule has 0 spiro atoms. The molecule has 1 heterocycles. The number of likely N-dealkylation sites (N-methyl/N-ethyl adjacent to an activating group) is 1. The minimum Gasteiger partial charge on any atom is -0.368 e. The number of hydrogen-bond acceptors (Lipinski definition) is 7. The van der Waals surface area contributed by atoms with Crippen LogP contribution in [0.3, 0.4) is 0 Å². The average molecular weight is 333 g/mol. The van der Waals surface area contributed by atoms with Crippen molar-refractivity contribution in [1.29, 1.82) is 0 Å². The number of thioether (sulfide) groups is 2. The van der Waals surface area contributed by atoms with Crippen LogP contribution in [0.15, 0.2) is 8.68 Å². The van der Waals surface area contributed by atoms with Crippen LogP contribution in [-0.4, -0.2) is 40.7 Å². The molecular weight excluding hydrogens is 312 g/mol. The van der Waals surface area contributed by atoms with Crippen LogP contribution in [0.4, 0.5) is 0 Å². The van der Waals surface area contributed by atoms with Gasteiger partial charge in [0.15, 0.2) is 8.68 Å². The summed E-state index contributed by atoms with van der Waals surface area (Å²) in [5.41, 5.74) is 5.10. The fraction of sp³-hybridized carbons (Fsp3) is 0.750. The lowest BCUT2D eigenvalue weighted by atomic mass is 9.84. The van der Waals surface area contributed by atoms with Crippen LogP contribution in [0.5, 0.6) is 0 Å². The summed E-state index contributed by atoms with van der Waals surface area (Å²) < 4.78 is 2.00. The van der Waals surface area contributed by atoms with E-state index in [9.17, 15) is 4.79 Å². The Kier molecular flexibility index (Phi) is 5.71. The van der Waals surface area contributed by atoms with Gasteiger partial charge in [-0.3, -0.25) is 4.79 Å². The molecule has 1 fully saturated rings. The van der Waals surface area contributed by atoms with Crippen molar-refractivity contribution in [2.75, 3.05) is 19.1 Å². The van der Waals surface area contributed by atoms with E-state index in [0.29, 0.717) is 5.92 Å². The molecule has 2 unspecified atom stereocenters. The first-order chi connectivity index (χ1) is 9.62. The van der Waals surface area contributed by atoms with E-state index in [0.717, 1.165) is 40.1 Å². The smallest absolute Gasteiger partial charge is 0.238 e. The minimum absolute atomic E-state index is 0.215. The molecule has 0 bridgehead atoms. The van der Waals surface area contributed by atoms with Crippen LogP contribution >= 0.6 is 34.9 Å². The zero-order valence-corrected chi connectivity index (χ0v) is 14.2. The Morgan fingerprint density at radius 3 is 2.90 bits per heavy atom. The number of carbonyl (C=O) groups excluding carboxylic acids is 1. The molecule has 1 aliphatic rings. The third-order valence-corrected chi connectivity index (χ3v) is 7.03. The van der Waals surface area contributed by atoms with Crippen molar-refractivity contribution in [3.63, 3.8) is 0 Å². The predicted molar refractivity (Wildman–Crippen MR) is 85.4 cm³/mol. The Hall–Kier alpha value is -0.310. The predicted octanol–water partition coefficient (Wildman–Crippen LogP) is 1.99. The minimum atomic E-state index is -0.508. The summed E-state index contributed by atoms with van der Waals surface area (Å²) in [6.07, 6.45) is 5.96. The molecule has 1 aromatic rings. The molecule has 0 saturated heterocycles. The van der Waals surface area contributed by atoms with E-state index in [4.69, 9.17) is 5.73 Å². The number of aromatic nitrogens is 2. The van der Waals surface area contributed by atoms with Gasteiger partial charge in [0.2, 0.25) is 5.91 Å². The lowest BCUT2D eigenvalue weighted by molar-refractivity contribution is -0.125. The van der Waals surface area contributed by atoms with Gasteiger partial charge in [-0.15, -0.1) is 10.2 Å². The molecule has 3 N–H and O–H groups in total. The molecule has 2 rings (SSSR count). The first-order valence-electron chi connectivity index (χ1n) is 6.61. The van der Waals surface area contributed by atoms with Crippen LogP contribution in [-0.2, 0) is 4.79 Å². The summed E-state index contributed by atoms with van der Waals surface area (Å²) >= 11 is 4.96. The van der Waals surface area contributed by atoms with E-state index in [1.54, 1.807) is 34.9 Å². The highest BCUT2D eigenvalue weighted by Gasteiger charge is 2.45. The van der Waals surface area contributed by atoms with Crippen molar-refractivity contribution in [3.05, 3.63) is 0 Å². The highest BCUT2D eigenvalue weighted by Crippen LogP contribution is 2.39. The molecular formula is C12H20N4OS3. The van der Waals surface area contributed by atoms with Gasteiger partial charge in [-0.1, -0.05) is 41.3 Å². The van der Waals surface area contributed by atoms with Crippen LogP contribution < -0.4 is 11.1 Å². The number of amides is 1. The Morgan fingerprint density at radius 2 is 2.30 bits per heavy atom. The van der Waals surface area contributed by atoms with Gasteiger partial charge in [0.25, 0.3) is 0 Å². The van der Waals surface area contributed by atoms with Crippen molar-refractivity contribution < 1.29 is 4.79 Å². The van der Waals surface area contributed by atoms with E-state index in [1.807, 2.05) is 13.3 Å². The van der Waals surface area contributed by atoms with Crippen molar-refractivity contribution in [3.8, 4) is 0 Å². The third-order valence-electron chi connectivity index (χ3n) is 3.96. The monoisotopic (exact) mass is 332 g/mol. The van der Waals surface area contributed by atoms with Gasteiger partial charge in [0.1, 0.15) is 5.54 Å². The number of rotatable bonds is 7. The molecule has 1 saturated carbocycles. The molecule has 1 aromatic heterocycles. The molecule has 0 aromatic carbocycles. The Labute approximate surface area is 131 Å². The SMILES string of the molecule is CNC1(C(N)=O)CCCC1CCSc1nnc(SC)s1. The van der Waals surface area contributed by atoms with Crippen molar-refractivity contribution in [2.45, 2.75) is 39.9 Å². The normalized spacial score (nSPS) is 26.0. The van der Waals surface area contributed by atoms with E-state index in [2.05, 4.69) is 15.5 Å². The number of nitrogens with two attached hydrogens (primary N) is 1. The van der Waals surface area contributed by atoms with Gasteiger partial charge in [0.05, 0.1) is 0 Å². The first kappa shape index (κ1) is 16.1. The fourth-order valence-corrected chi connectivity index (χ4v) is 5.43. The largest absolute Gasteiger partial charge is 0.368 e. The molecule has 1 aliphatic carbocycles. The zero-order valence-electron chi connectivity index (χ0n) is 11.7. The van der Waals surface area contributed by atoms with E-state index in [1.165, 1.54) is 0 Å². The Balaban J connectivity index is 1.88. The van der Waals surface area contributed by atoms with Crippen LogP contribution in [0.1, 0.15) is 25.7 Å². The third kappa shape index (κ3) is 3.29. The number of primary amides is 1. The van der Waals surface area contributed by atoms with Crippen LogP contribution in [0.25, 0.3) is 0 Å². The molecule has 5 nitrogen and oxygen atoms in total. The van der Waals surface area contributed by atoms with Gasteiger partial charge >= 0.3 is 0 Å². The van der Waals surface area contributed by atoms with E-state index < -0.39 is 5.54 Å². The van der Waals surface area contributed by atoms with Crippen LogP contribution in [0, 0.1) is 5.92 Å². The fourth-order valence-electron chi connectivity index (χ4n) is 2.87. The Bertz CT molecular complexity index is 467. The first-order valence-corrected chi connectivity index (χ1v) is 9.64. The molecule has 0 aliphatic heterocycles. The quantitative estimate of drug-likeness (QED) is 0.743. The van der Waals surface area contributed by atoms with Crippen LogP contribution in [0.2, 0.25) is 0 Å². The summed E-state index contributed by atoms with van der Waals surface area (Å²) in [7, 11) is 1.84. The number of nitrogens with zero attached hydrogens (tertiary/aromatic N) is 2. The van der Waals surface area contributed by atoms with E-state index in [-0.39, 0.29) is 5.91 Å². The summed E-state index contributed by atoms with van der Waals surface area (Å²) in [5.74, 6) is 1.06. The second-order valence-electron chi connectivity index (χ2n) is 4.85. The summed E-state index contributed by atoms with van der Waals surface area (Å²) in [6.45, 7) is 0. The Morgan fingerprint density at radius 1 is 1.55 bits per heavy atom. The molecule has 1 amide bonds. The van der Waals surface area contributed by atoms with Crippen molar-refractivity contribution >= 4 is 40.8 Å². The number of nitrogens with one attached hydrogen (secondary N) is 1. The number of carbonyl (C=O) groups is 1. The summed E-state index contributed by atoms with van der Waals surface area (Å²) in [5, 5.41) is 11.4. The summed E-state index contributed by atoms with van der Waals surface area (Å²) in [4.78, 5) is 11.8. The van der Waals surface area contributed by atoms with E-state index >= 15 is 0 Å². The van der Waals surface area contributed by atoms with Gasteiger partial charge in [-0.2, -0.15) is 0 Å². The lowest BCUT2D eigenvalue weighted by Crippen LogP contribution is -2.56. The van der Waals surface area contributed by atoms with Gasteiger partial charge in [-0.05, 0) is 38.5 Å². The topological polar surface area (TPSA) is 80.9 Å². The lowest BCUT2D eigenvalue weighted by Gasteiger charge is -2.32. The average Bonchev–Trinajstić information content (AvgIpc) is 3.05. The maximum atomic E-state index is 11.8. The zero-order chi connectivity index (χ0) is 14.6. The standard InChI is InChI=1S/C12H20N4OS3/c1-14-12(9(13)17)6-3-4-8(12)5-7-19-11-16-15-10(18-2)20-11/h8,14H,3-7H2,1-2H3,(H2,13,17). The molecule has 20 heavy (non-hydrogen) atoms. The van der Waals surface area contributed by atoms with Crippen molar-refractivity contribution in [2.24, 2.45) is 11.7 Å². The summed E-state index contributed by atoms with van der Waals surface area (Å²) in [6, 6.07) is 0. The van der Waals surface area contributed by atoms with Gasteiger partial charge in [0, 0.05) is 5.75 Å². The molecule has 112 valence electrons. The number of hydrogen-bond donors (Lipinski definition) is 2. The highest BCUT2D eigenvalue weighted by molar-refractivity contribution is 8.02. The molecule has 0 radical (unpaired) electrons. The van der Waals surface area contributed by atoms with Crippen molar-refractivity contribution in [1.82, 2.24) is 15.5 Å². The second-order valence-corrected chi connectivity index (χ2v) is 8.22. The maximum Gasteiger partial charge on any atom is 0.238 e. The van der Waals surface area contributed by atoms with Gasteiger partial charge in [-0.25, -0.2) is 0 Å². The second kappa shape index (κ2) is 7.11. The molecule has 2 atom stereocenters. The maximum absolute atomic E-state index is 11.8. The molecule has 8 heteroatoms. The van der Waals surface area contributed by atoms with Gasteiger partial charge < -0.3 is 11.1 Å².